The number of nitrogens with two attached hydrogens (primary N) is 1. The van der Waals surface area contributed by atoms with Crippen LogP contribution in [-0.4, -0.2) is 11.0 Å². The van der Waals surface area contributed by atoms with Crippen LogP contribution in [0.1, 0.15) is 18.1 Å². The number of para-hydroxylation sites is 1. The van der Waals surface area contributed by atoms with Crippen molar-refractivity contribution in [2.24, 2.45) is 5.73 Å². The minimum Gasteiger partial charge on any atom is -0.487 e. The van der Waals surface area contributed by atoms with Crippen LogP contribution in [-0.2, 0) is 13.0 Å². The van der Waals surface area contributed by atoms with Gasteiger partial charge >= 0.3 is 0 Å². The van der Waals surface area contributed by atoms with Gasteiger partial charge < -0.3 is 15.5 Å². The molecular formula is C18H20N2O. The van der Waals surface area contributed by atoms with Gasteiger partial charge in [0, 0.05) is 17.6 Å². The average Bonchev–Trinajstić information content (AvgIpc) is 2.89. The van der Waals surface area contributed by atoms with Crippen molar-refractivity contribution in [3.8, 4) is 5.75 Å². The fourth-order valence-corrected chi connectivity index (χ4v) is 2.56. The van der Waals surface area contributed by atoms with Gasteiger partial charge in [-0.1, -0.05) is 42.5 Å². The molecule has 0 bridgehead atoms. The highest BCUT2D eigenvalue weighted by atomic mass is 16.5. The maximum Gasteiger partial charge on any atom is 0.143 e. The molecule has 0 fully saturated rings. The van der Waals surface area contributed by atoms with Gasteiger partial charge in [-0.25, -0.2) is 0 Å². The molecule has 1 atom stereocenters. The molecule has 0 aliphatic rings. The van der Waals surface area contributed by atoms with E-state index in [1.54, 1.807) is 0 Å². The lowest BCUT2D eigenvalue weighted by molar-refractivity contribution is 0.309. The van der Waals surface area contributed by atoms with Crippen LogP contribution in [0.4, 0.5) is 0 Å². The van der Waals surface area contributed by atoms with E-state index in [1.807, 2.05) is 43.5 Å². The van der Waals surface area contributed by atoms with Gasteiger partial charge in [0.2, 0.25) is 0 Å². The van der Waals surface area contributed by atoms with Crippen LogP contribution in [0.25, 0.3) is 10.9 Å². The van der Waals surface area contributed by atoms with Crippen LogP contribution in [0.3, 0.4) is 0 Å². The van der Waals surface area contributed by atoms with E-state index in [2.05, 4.69) is 23.2 Å². The van der Waals surface area contributed by atoms with E-state index in [-0.39, 0.29) is 6.04 Å². The second-order valence-electron chi connectivity index (χ2n) is 5.45. The molecule has 3 heteroatoms. The van der Waals surface area contributed by atoms with Gasteiger partial charge in [-0.2, -0.15) is 0 Å². The molecule has 3 aromatic rings. The van der Waals surface area contributed by atoms with Gasteiger partial charge in [0.15, 0.2) is 0 Å². The summed E-state index contributed by atoms with van der Waals surface area (Å²) >= 11 is 0. The third kappa shape index (κ3) is 3.09. The van der Waals surface area contributed by atoms with Crippen molar-refractivity contribution in [1.29, 1.82) is 0 Å². The lowest BCUT2D eigenvalue weighted by Gasteiger charge is -2.08. The Morgan fingerprint density at radius 2 is 1.90 bits per heavy atom. The minimum absolute atomic E-state index is 0.151. The number of rotatable bonds is 5. The molecule has 3 N–H and O–H groups in total. The van der Waals surface area contributed by atoms with E-state index < -0.39 is 0 Å². The highest BCUT2D eigenvalue weighted by molar-refractivity contribution is 5.88. The molecule has 108 valence electrons. The summed E-state index contributed by atoms with van der Waals surface area (Å²) in [5, 5.41) is 1.19. The summed E-state index contributed by atoms with van der Waals surface area (Å²) in [7, 11) is 0. The lowest BCUT2D eigenvalue weighted by atomic mass is 10.1. The number of benzene rings is 2. The molecule has 1 unspecified atom stereocenters. The van der Waals surface area contributed by atoms with Crippen molar-refractivity contribution in [3.63, 3.8) is 0 Å². The predicted octanol–water partition coefficient (Wildman–Crippen LogP) is 3.64. The number of H-pyrrole nitrogens is 1. The van der Waals surface area contributed by atoms with E-state index in [4.69, 9.17) is 10.5 Å². The van der Waals surface area contributed by atoms with Gasteiger partial charge in [0.25, 0.3) is 0 Å². The third-order valence-corrected chi connectivity index (χ3v) is 3.54. The zero-order chi connectivity index (χ0) is 14.7. The number of ether oxygens (including phenoxy) is 1. The van der Waals surface area contributed by atoms with Crippen LogP contribution in [0.2, 0.25) is 0 Å². The Balaban J connectivity index is 1.84. The fourth-order valence-electron chi connectivity index (χ4n) is 2.56. The van der Waals surface area contributed by atoms with Crippen molar-refractivity contribution in [1.82, 2.24) is 4.98 Å². The standard InChI is InChI=1S/C18H20N2O/c1-13(19)10-15-11-20-18-16(15)8-5-9-17(18)21-12-14-6-3-2-4-7-14/h2-9,11,13,20H,10,12,19H2,1H3. The van der Waals surface area contributed by atoms with Gasteiger partial charge in [-0.3, -0.25) is 0 Å². The van der Waals surface area contributed by atoms with Crippen LogP contribution in [0.15, 0.2) is 54.7 Å². The Bertz CT molecular complexity index is 716. The Morgan fingerprint density at radius 3 is 2.67 bits per heavy atom. The molecule has 0 radical (unpaired) electrons. The molecule has 1 aromatic heterocycles. The molecule has 0 aliphatic heterocycles. The summed E-state index contributed by atoms with van der Waals surface area (Å²) < 4.78 is 5.96. The summed E-state index contributed by atoms with van der Waals surface area (Å²) in [6, 6.07) is 16.5. The predicted molar refractivity (Wildman–Crippen MR) is 86.4 cm³/mol. The van der Waals surface area contributed by atoms with Gasteiger partial charge in [0.05, 0.1) is 5.52 Å². The summed E-state index contributed by atoms with van der Waals surface area (Å²) in [5.41, 5.74) is 9.35. The van der Waals surface area contributed by atoms with Gasteiger partial charge in [-0.15, -0.1) is 0 Å². The van der Waals surface area contributed by atoms with Crippen molar-refractivity contribution < 1.29 is 4.74 Å². The SMILES string of the molecule is CC(N)Cc1c[nH]c2c(OCc3ccccc3)cccc12. The fraction of sp³-hybridized carbons (Fsp3) is 0.222. The van der Waals surface area contributed by atoms with Crippen molar-refractivity contribution in [2.75, 3.05) is 0 Å². The number of aromatic nitrogens is 1. The van der Waals surface area contributed by atoms with E-state index in [0.29, 0.717) is 6.61 Å². The highest BCUT2D eigenvalue weighted by Crippen LogP contribution is 2.28. The normalized spacial score (nSPS) is 12.5. The maximum absolute atomic E-state index is 5.96. The first kappa shape index (κ1) is 13.7. The molecule has 0 saturated carbocycles. The lowest BCUT2D eigenvalue weighted by Crippen LogP contribution is -2.17. The molecule has 0 saturated heterocycles. The van der Waals surface area contributed by atoms with Crippen molar-refractivity contribution in [2.45, 2.75) is 26.0 Å². The summed E-state index contributed by atoms with van der Waals surface area (Å²) in [5.74, 6) is 0.882. The largest absolute Gasteiger partial charge is 0.487 e. The van der Waals surface area contributed by atoms with Gasteiger partial charge in [0.1, 0.15) is 12.4 Å². The van der Waals surface area contributed by atoms with Gasteiger partial charge in [-0.05, 0) is 30.5 Å². The van der Waals surface area contributed by atoms with E-state index >= 15 is 0 Å². The topological polar surface area (TPSA) is 51.0 Å². The van der Waals surface area contributed by atoms with Crippen LogP contribution in [0, 0.1) is 0 Å². The number of aromatic amines is 1. The summed E-state index contributed by atoms with van der Waals surface area (Å²) in [4.78, 5) is 3.32. The quantitative estimate of drug-likeness (QED) is 0.749. The first-order valence-electron chi connectivity index (χ1n) is 7.25. The zero-order valence-corrected chi connectivity index (χ0v) is 12.2. The van der Waals surface area contributed by atoms with Crippen LogP contribution >= 0.6 is 0 Å². The molecule has 0 spiro atoms. The molecule has 3 nitrogen and oxygen atoms in total. The second kappa shape index (κ2) is 6.02. The average molecular weight is 280 g/mol. The molecule has 21 heavy (non-hydrogen) atoms. The number of hydrogen-bond donors (Lipinski definition) is 2. The molecule has 2 aromatic carbocycles. The van der Waals surface area contributed by atoms with E-state index in [1.165, 1.54) is 10.9 Å². The zero-order valence-electron chi connectivity index (χ0n) is 12.2. The first-order chi connectivity index (χ1) is 10.2. The Kier molecular flexibility index (Phi) is 3.93. The number of fused-ring (bicyclic) bond motifs is 1. The molecule has 0 amide bonds. The maximum atomic E-state index is 5.96. The Morgan fingerprint density at radius 1 is 1.10 bits per heavy atom. The summed E-state index contributed by atoms with van der Waals surface area (Å²) in [6.45, 7) is 2.59. The number of hydrogen-bond acceptors (Lipinski definition) is 2. The van der Waals surface area contributed by atoms with E-state index in [0.717, 1.165) is 23.3 Å². The van der Waals surface area contributed by atoms with E-state index in [9.17, 15) is 0 Å². The molecule has 0 aliphatic carbocycles. The monoisotopic (exact) mass is 280 g/mol. The smallest absolute Gasteiger partial charge is 0.143 e. The Labute approximate surface area is 124 Å². The minimum atomic E-state index is 0.151. The van der Waals surface area contributed by atoms with Crippen molar-refractivity contribution in [3.05, 3.63) is 65.9 Å². The third-order valence-electron chi connectivity index (χ3n) is 3.54. The first-order valence-corrected chi connectivity index (χ1v) is 7.25. The van der Waals surface area contributed by atoms with Crippen molar-refractivity contribution >= 4 is 10.9 Å². The molecular weight excluding hydrogens is 260 g/mol. The van der Waals surface area contributed by atoms with Crippen LogP contribution in [0.5, 0.6) is 5.75 Å². The molecule has 1 heterocycles. The highest BCUT2D eigenvalue weighted by Gasteiger charge is 2.09. The van der Waals surface area contributed by atoms with Crippen LogP contribution < -0.4 is 10.5 Å². The second-order valence-corrected chi connectivity index (χ2v) is 5.45. The number of nitrogens with one attached hydrogen (secondary N) is 1. The summed E-state index contributed by atoms with van der Waals surface area (Å²) in [6.07, 6.45) is 2.89. The Hall–Kier alpha value is -2.26. The molecule has 3 rings (SSSR count).